The zero-order valence-corrected chi connectivity index (χ0v) is 18.8. The molecule has 1 aromatic heterocycles. The normalized spacial score (nSPS) is 20.8. The van der Waals surface area contributed by atoms with Crippen LogP contribution in [0.3, 0.4) is 0 Å². The number of pyridine rings is 1. The van der Waals surface area contributed by atoms with E-state index >= 15 is 0 Å². The summed E-state index contributed by atoms with van der Waals surface area (Å²) in [6.07, 6.45) is 1.46. The van der Waals surface area contributed by atoms with Crippen LogP contribution >= 0.6 is 31.9 Å². The first-order valence-electron chi connectivity index (χ1n) is 8.82. The maximum atomic E-state index is 13.0. The third kappa shape index (κ3) is 4.81. The van der Waals surface area contributed by atoms with Crippen molar-refractivity contribution < 1.29 is 18.7 Å². The number of rotatable bonds is 6. The second-order valence-corrected chi connectivity index (χ2v) is 10.1. The average Bonchev–Trinajstić information content (AvgIpc) is 3.16. The van der Waals surface area contributed by atoms with Crippen molar-refractivity contribution >= 4 is 37.8 Å². The van der Waals surface area contributed by atoms with E-state index in [1.807, 2.05) is 19.9 Å². The highest BCUT2D eigenvalue weighted by Gasteiger charge is 2.61. The molecule has 1 aliphatic rings. The van der Waals surface area contributed by atoms with Crippen LogP contribution in [0.5, 0.6) is 11.6 Å². The molecule has 0 spiro atoms. The fourth-order valence-electron chi connectivity index (χ4n) is 3.22. The Labute approximate surface area is 180 Å². The van der Waals surface area contributed by atoms with Crippen LogP contribution in [0.15, 0.2) is 51.9 Å². The minimum atomic E-state index is -0.516. The van der Waals surface area contributed by atoms with Gasteiger partial charge in [-0.3, -0.25) is 4.79 Å². The first-order chi connectivity index (χ1) is 13.2. The second kappa shape index (κ2) is 8.33. The zero-order valence-electron chi connectivity index (χ0n) is 15.7. The van der Waals surface area contributed by atoms with Crippen LogP contribution in [0.25, 0.3) is 0 Å². The Morgan fingerprint density at radius 3 is 2.54 bits per heavy atom. The molecule has 3 atom stereocenters. The van der Waals surface area contributed by atoms with Crippen LogP contribution < -0.4 is 4.74 Å². The molecule has 7 heteroatoms. The number of carbonyl (C=O) groups excluding carboxylic acids is 1. The van der Waals surface area contributed by atoms with Gasteiger partial charge in [0.25, 0.3) is 0 Å². The molecule has 0 unspecified atom stereocenters. The van der Waals surface area contributed by atoms with Gasteiger partial charge in [-0.15, -0.1) is 0 Å². The number of hydrogen-bond acceptors (Lipinski definition) is 4. The Morgan fingerprint density at radius 1 is 1.21 bits per heavy atom. The van der Waals surface area contributed by atoms with E-state index in [0.717, 1.165) is 3.39 Å². The summed E-state index contributed by atoms with van der Waals surface area (Å²) in [5.74, 6) is 0.165. The Hall–Kier alpha value is -1.73. The number of ether oxygens (including phenoxy) is 2. The summed E-state index contributed by atoms with van der Waals surface area (Å²) in [5.41, 5.74) is 0.435. The minimum absolute atomic E-state index is 0.113. The number of carbonyl (C=O) groups is 1. The van der Waals surface area contributed by atoms with Gasteiger partial charge in [-0.05, 0) is 80.4 Å². The number of benzene rings is 1. The van der Waals surface area contributed by atoms with E-state index in [-0.39, 0.29) is 29.0 Å². The Balaban J connectivity index is 1.66. The molecule has 0 aliphatic heterocycles. The highest BCUT2D eigenvalue weighted by atomic mass is 79.9. The summed E-state index contributed by atoms with van der Waals surface area (Å²) in [7, 11) is 0. The zero-order chi connectivity index (χ0) is 20.5. The molecule has 0 saturated heterocycles. The lowest BCUT2D eigenvalue weighted by molar-refractivity contribution is -0.151. The van der Waals surface area contributed by atoms with Gasteiger partial charge >= 0.3 is 5.97 Å². The largest absolute Gasteiger partial charge is 0.456 e. The van der Waals surface area contributed by atoms with E-state index < -0.39 is 6.10 Å². The van der Waals surface area contributed by atoms with Gasteiger partial charge in [0, 0.05) is 6.07 Å². The van der Waals surface area contributed by atoms with Crippen molar-refractivity contribution in [3.05, 3.63) is 63.4 Å². The lowest BCUT2D eigenvalue weighted by atomic mass is 10.1. The van der Waals surface area contributed by atoms with Gasteiger partial charge in [0.05, 0.1) is 15.0 Å². The quantitative estimate of drug-likeness (QED) is 0.413. The molecule has 28 heavy (non-hydrogen) atoms. The molecule has 1 aromatic carbocycles. The predicted octanol–water partition coefficient (Wildman–Crippen LogP) is 6.52. The van der Waals surface area contributed by atoms with E-state index in [1.54, 1.807) is 25.1 Å². The number of allylic oxidation sites excluding steroid dienone is 1. The number of esters is 1. The summed E-state index contributed by atoms with van der Waals surface area (Å²) in [6, 6.07) is 10.9. The van der Waals surface area contributed by atoms with Crippen molar-refractivity contribution in [3.63, 3.8) is 0 Å². The molecule has 0 radical (unpaired) electrons. The number of hydrogen-bond donors (Lipinski definition) is 0. The summed E-state index contributed by atoms with van der Waals surface area (Å²) >= 11 is 6.70. The predicted molar refractivity (Wildman–Crippen MR) is 112 cm³/mol. The second-order valence-electron chi connectivity index (χ2n) is 7.32. The molecular formula is C21H20Br2FNO3. The van der Waals surface area contributed by atoms with Gasteiger partial charge in [0.2, 0.25) is 5.88 Å². The first kappa shape index (κ1) is 21.0. The van der Waals surface area contributed by atoms with E-state index in [9.17, 15) is 9.18 Å². The van der Waals surface area contributed by atoms with Crippen molar-refractivity contribution in [1.29, 1.82) is 0 Å². The van der Waals surface area contributed by atoms with Crippen LogP contribution in [0.1, 0.15) is 32.6 Å². The lowest BCUT2D eigenvalue weighted by Gasteiger charge is -2.14. The highest BCUT2D eigenvalue weighted by molar-refractivity contribution is 9.28. The van der Waals surface area contributed by atoms with E-state index in [1.165, 1.54) is 24.3 Å². The lowest BCUT2D eigenvalue weighted by Crippen LogP contribution is -2.14. The van der Waals surface area contributed by atoms with Gasteiger partial charge in [0.1, 0.15) is 17.7 Å². The van der Waals surface area contributed by atoms with Gasteiger partial charge in [0.15, 0.2) is 0 Å². The standard InChI is InChI=1S/C21H20Br2FNO3/c1-12(27-20(26)19-15(11-17(22)23)21(19,2)3)16-5-4-6-18(25-16)28-14-9-7-13(24)8-10-14/h4-12,15,19H,1-3H3/t12-,15-,19-/m0/s1. The minimum Gasteiger partial charge on any atom is -0.456 e. The maximum absolute atomic E-state index is 13.0. The number of halogens is 3. The van der Waals surface area contributed by atoms with Crippen molar-refractivity contribution in [2.75, 3.05) is 0 Å². The van der Waals surface area contributed by atoms with E-state index in [4.69, 9.17) is 9.47 Å². The summed E-state index contributed by atoms with van der Waals surface area (Å²) in [4.78, 5) is 17.0. The van der Waals surface area contributed by atoms with Crippen LogP contribution in [0.2, 0.25) is 0 Å². The SMILES string of the molecule is C[C@H](OC(=O)[C@@H]1[C@H](C=C(Br)Br)C1(C)C)c1cccc(Oc2ccc(F)cc2)n1. The molecule has 3 rings (SSSR count). The highest BCUT2D eigenvalue weighted by Crippen LogP contribution is 2.60. The van der Waals surface area contributed by atoms with Crippen LogP contribution in [0, 0.1) is 23.1 Å². The molecule has 1 aliphatic carbocycles. The maximum Gasteiger partial charge on any atom is 0.310 e. The van der Waals surface area contributed by atoms with Gasteiger partial charge in [-0.25, -0.2) is 9.37 Å². The molecule has 1 heterocycles. The molecule has 148 valence electrons. The Bertz CT molecular complexity index is 895. The van der Waals surface area contributed by atoms with Crippen molar-refractivity contribution in [2.24, 2.45) is 17.3 Å². The molecule has 2 aromatic rings. The van der Waals surface area contributed by atoms with Crippen molar-refractivity contribution in [1.82, 2.24) is 4.98 Å². The van der Waals surface area contributed by atoms with Crippen LogP contribution in [-0.4, -0.2) is 11.0 Å². The summed E-state index contributed by atoms with van der Waals surface area (Å²) in [5, 5.41) is 0. The van der Waals surface area contributed by atoms with Gasteiger partial charge in [-0.2, -0.15) is 0 Å². The monoisotopic (exact) mass is 511 g/mol. The van der Waals surface area contributed by atoms with Crippen LogP contribution in [-0.2, 0) is 9.53 Å². The Morgan fingerprint density at radius 2 is 1.89 bits per heavy atom. The average molecular weight is 513 g/mol. The van der Waals surface area contributed by atoms with Crippen molar-refractivity contribution in [3.8, 4) is 11.6 Å². The third-order valence-corrected chi connectivity index (χ3v) is 5.49. The first-order valence-corrected chi connectivity index (χ1v) is 10.4. The fourth-order valence-corrected chi connectivity index (χ4v) is 3.79. The van der Waals surface area contributed by atoms with Gasteiger partial charge in [-0.1, -0.05) is 26.0 Å². The molecule has 0 N–H and O–H groups in total. The van der Waals surface area contributed by atoms with Gasteiger partial charge < -0.3 is 9.47 Å². The summed E-state index contributed by atoms with van der Waals surface area (Å²) in [6.45, 7) is 5.87. The molecule has 1 fully saturated rings. The molecule has 1 saturated carbocycles. The molecule has 4 nitrogen and oxygen atoms in total. The number of aromatic nitrogens is 1. The summed E-state index contributed by atoms with van der Waals surface area (Å²) < 4.78 is 25.1. The molecular weight excluding hydrogens is 493 g/mol. The smallest absolute Gasteiger partial charge is 0.310 e. The third-order valence-electron chi connectivity index (χ3n) is 4.96. The van der Waals surface area contributed by atoms with E-state index in [2.05, 4.69) is 36.8 Å². The van der Waals surface area contributed by atoms with E-state index in [0.29, 0.717) is 17.3 Å². The molecule has 0 bridgehead atoms. The van der Waals surface area contributed by atoms with Crippen LogP contribution in [0.4, 0.5) is 4.39 Å². The van der Waals surface area contributed by atoms with Crippen molar-refractivity contribution in [2.45, 2.75) is 26.9 Å². The Kier molecular flexibility index (Phi) is 6.25. The topological polar surface area (TPSA) is 48.4 Å². The fraction of sp³-hybridized carbons (Fsp3) is 0.333. The molecule has 0 amide bonds. The number of nitrogens with zero attached hydrogens (tertiary/aromatic N) is 1.